The lowest BCUT2D eigenvalue weighted by atomic mass is 10.1. The summed E-state index contributed by atoms with van der Waals surface area (Å²) in [5.41, 5.74) is 0. The highest BCUT2D eigenvalue weighted by Gasteiger charge is 2.16. The molecule has 5 nitrogen and oxygen atoms in total. The Labute approximate surface area is 98.1 Å². The minimum atomic E-state index is -0.566. The summed E-state index contributed by atoms with van der Waals surface area (Å²) in [6.07, 6.45) is 4.69. The zero-order chi connectivity index (χ0) is 11.4. The summed E-state index contributed by atoms with van der Waals surface area (Å²) >= 11 is 0. The van der Waals surface area contributed by atoms with Crippen molar-refractivity contribution in [3.8, 4) is 0 Å². The van der Waals surface area contributed by atoms with Crippen molar-refractivity contribution < 1.29 is 4.21 Å². The lowest BCUT2D eigenvalue weighted by molar-refractivity contribution is 0.475. The fraction of sp³-hybridized carbons (Fsp3) is 0.800. The molecule has 0 aromatic carbocycles. The second-order valence-electron chi connectivity index (χ2n) is 4.18. The number of rotatable bonds is 4. The molecule has 2 heterocycles. The summed E-state index contributed by atoms with van der Waals surface area (Å²) in [4.78, 5) is 0. The van der Waals surface area contributed by atoms with E-state index < -0.39 is 10.8 Å². The van der Waals surface area contributed by atoms with Crippen LogP contribution < -0.4 is 5.32 Å². The Hall–Kier alpha value is -0.750. The number of nitrogens with one attached hydrogen (secondary N) is 1. The van der Waals surface area contributed by atoms with Gasteiger partial charge >= 0.3 is 0 Å². The average molecular weight is 242 g/mol. The molecule has 1 N–H and O–H groups in total. The van der Waals surface area contributed by atoms with Crippen molar-refractivity contribution in [1.29, 1.82) is 0 Å². The molecule has 0 bridgehead atoms. The first-order valence-corrected chi connectivity index (χ1v) is 7.16. The highest BCUT2D eigenvalue weighted by Crippen LogP contribution is 2.08. The average Bonchev–Trinajstić information content (AvgIpc) is 2.68. The van der Waals surface area contributed by atoms with Crippen LogP contribution in [0, 0.1) is 0 Å². The van der Waals surface area contributed by atoms with Gasteiger partial charge in [-0.1, -0.05) is 0 Å². The second kappa shape index (κ2) is 5.54. The lowest BCUT2D eigenvalue weighted by Crippen LogP contribution is -2.37. The molecule has 0 radical (unpaired) electrons. The predicted octanol–water partition coefficient (Wildman–Crippen LogP) is -0.142. The van der Waals surface area contributed by atoms with Crippen LogP contribution in [0.4, 0.5) is 0 Å². The van der Waals surface area contributed by atoms with Gasteiger partial charge in [0, 0.05) is 48.4 Å². The fourth-order valence-electron chi connectivity index (χ4n) is 1.92. The van der Waals surface area contributed by atoms with E-state index >= 15 is 0 Å². The summed E-state index contributed by atoms with van der Waals surface area (Å²) in [6.45, 7) is 0.920. The molecule has 0 amide bonds. The Morgan fingerprint density at radius 3 is 2.94 bits per heavy atom. The maximum absolute atomic E-state index is 11.2. The molecule has 1 aromatic rings. The van der Waals surface area contributed by atoms with E-state index in [1.54, 1.807) is 6.33 Å². The summed E-state index contributed by atoms with van der Waals surface area (Å²) in [6, 6.07) is 0.533. The minimum Gasteiger partial charge on any atom is -0.321 e. The van der Waals surface area contributed by atoms with E-state index in [0.717, 1.165) is 43.1 Å². The third kappa shape index (κ3) is 3.12. The first-order chi connectivity index (χ1) is 7.75. The lowest BCUT2D eigenvalue weighted by Gasteiger charge is -2.22. The van der Waals surface area contributed by atoms with E-state index in [4.69, 9.17) is 0 Å². The Balaban J connectivity index is 1.68. The van der Waals surface area contributed by atoms with Crippen molar-refractivity contribution in [2.24, 2.45) is 7.05 Å². The molecule has 0 spiro atoms. The number of aryl methyl sites for hydroxylation is 1. The normalized spacial score (nSPS) is 25.8. The molecule has 90 valence electrons. The van der Waals surface area contributed by atoms with Crippen LogP contribution in [0.2, 0.25) is 0 Å². The highest BCUT2D eigenvalue weighted by atomic mass is 32.2. The minimum absolute atomic E-state index is 0.533. The van der Waals surface area contributed by atoms with Gasteiger partial charge < -0.3 is 9.88 Å². The van der Waals surface area contributed by atoms with E-state index in [2.05, 4.69) is 15.5 Å². The molecule has 16 heavy (non-hydrogen) atoms. The third-order valence-electron chi connectivity index (χ3n) is 2.97. The van der Waals surface area contributed by atoms with Crippen molar-refractivity contribution >= 4 is 10.8 Å². The zero-order valence-electron chi connectivity index (χ0n) is 9.56. The summed E-state index contributed by atoms with van der Waals surface area (Å²) in [7, 11) is 1.39. The molecule has 2 rings (SSSR count). The molecule has 0 unspecified atom stereocenters. The van der Waals surface area contributed by atoms with Gasteiger partial charge in [-0.15, -0.1) is 10.2 Å². The number of aromatic nitrogens is 3. The van der Waals surface area contributed by atoms with E-state index in [0.29, 0.717) is 6.04 Å². The number of nitrogens with zero attached hydrogens (tertiary/aromatic N) is 3. The molecule has 1 saturated heterocycles. The van der Waals surface area contributed by atoms with Crippen LogP contribution in [0.3, 0.4) is 0 Å². The Morgan fingerprint density at radius 2 is 2.31 bits per heavy atom. The maximum atomic E-state index is 11.2. The zero-order valence-corrected chi connectivity index (χ0v) is 10.4. The number of hydrogen-bond donors (Lipinski definition) is 1. The molecule has 0 atom stereocenters. The van der Waals surface area contributed by atoms with Crippen molar-refractivity contribution in [1.82, 2.24) is 20.1 Å². The first-order valence-electron chi connectivity index (χ1n) is 5.67. The van der Waals surface area contributed by atoms with Crippen LogP contribution in [-0.2, 0) is 24.3 Å². The highest BCUT2D eigenvalue weighted by molar-refractivity contribution is 7.85. The van der Waals surface area contributed by atoms with E-state index in [9.17, 15) is 4.21 Å². The second-order valence-corrected chi connectivity index (χ2v) is 5.88. The molecule has 0 saturated carbocycles. The van der Waals surface area contributed by atoms with Gasteiger partial charge in [0.15, 0.2) is 0 Å². The Morgan fingerprint density at radius 1 is 1.56 bits per heavy atom. The molecule has 0 aliphatic carbocycles. The predicted molar refractivity (Wildman–Crippen MR) is 63.6 cm³/mol. The van der Waals surface area contributed by atoms with Crippen molar-refractivity contribution in [2.75, 3.05) is 18.1 Å². The largest absolute Gasteiger partial charge is 0.321 e. The standard InChI is InChI=1S/C10H18N4OS/c1-14-8-12-13-10(14)2-5-11-9-3-6-16(15)7-4-9/h8-9,11H,2-7H2,1H3. The van der Waals surface area contributed by atoms with Gasteiger partial charge in [0.1, 0.15) is 12.2 Å². The fourth-order valence-corrected chi connectivity index (χ4v) is 3.22. The molecular formula is C10H18N4OS. The molecular weight excluding hydrogens is 224 g/mol. The van der Waals surface area contributed by atoms with Gasteiger partial charge in [0.05, 0.1) is 0 Å². The van der Waals surface area contributed by atoms with Gasteiger partial charge in [-0.05, 0) is 12.8 Å². The van der Waals surface area contributed by atoms with Crippen LogP contribution in [0.25, 0.3) is 0 Å². The van der Waals surface area contributed by atoms with Gasteiger partial charge in [-0.3, -0.25) is 4.21 Å². The summed E-state index contributed by atoms with van der Waals surface area (Å²) in [5, 5.41) is 11.4. The Kier molecular flexibility index (Phi) is 4.06. The number of hydrogen-bond acceptors (Lipinski definition) is 4. The van der Waals surface area contributed by atoms with E-state index in [1.165, 1.54) is 0 Å². The van der Waals surface area contributed by atoms with Crippen molar-refractivity contribution in [3.63, 3.8) is 0 Å². The quantitative estimate of drug-likeness (QED) is 0.798. The maximum Gasteiger partial charge on any atom is 0.133 e. The molecule has 1 aliphatic rings. The third-order valence-corrected chi connectivity index (χ3v) is 4.36. The van der Waals surface area contributed by atoms with Crippen LogP contribution in [0.5, 0.6) is 0 Å². The van der Waals surface area contributed by atoms with Gasteiger partial charge in [-0.2, -0.15) is 0 Å². The Bertz CT molecular complexity index is 355. The SMILES string of the molecule is Cn1cnnc1CCNC1CCS(=O)CC1. The molecule has 1 aliphatic heterocycles. The van der Waals surface area contributed by atoms with Gasteiger partial charge in [-0.25, -0.2) is 0 Å². The topological polar surface area (TPSA) is 59.8 Å². The smallest absolute Gasteiger partial charge is 0.133 e. The van der Waals surface area contributed by atoms with Gasteiger partial charge in [0.25, 0.3) is 0 Å². The van der Waals surface area contributed by atoms with Crippen LogP contribution in [0.1, 0.15) is 18.7 Å². The van der Waals surface area contributed by atoms with Crippen LogP contribution in [-0.4, -0.2) is 43.1 Å². The van der Waals surface area contributed by atoms with Crippen LogP contribution in [0.15, 0.2) is 6.33 Å². The first kappa shape index (κ1) is 11.7. The molecule has 6 heteroatoms. The van der Waals surface area contributed by atoms with E-state index in [-0.39, 0.29) is 0 Å². The van der Waals surface area contributed by atoms with Crippen molar-refractivity contribution in [3.05, 3.63) is 12.2 Å². The molecule has 1 aromatic heterocycles. The van der Waals surface area contributed by atoms with Crippen LogP contribution >= 0.6 is 0 Å². The summed E-state index contributed by atoms with van der Waals surface area (Å²) in [5.74, 6) is 2.70. The molecule has 1 fully saturated rings. The summed E-state index contributed by atoms with van der Waals surface area (Å²) < 4.78 is 13.1. The van der Waals surface area contributed by atoms with Crippen molar-refractivity contribution in [2.45, 2.75) is 25.3 Å². The van der Waals surface area contributed by atoms with E-state index in [1.807, 2.05) is 11.6 Å². The van der Waals surface area contributed by atoms with Gasteiger partial charge in [0.2, 0.25) is 0 Å². The monoisotopic (exact) mass is 242 g/mol.